The number of carbonyl (C=O) groups excluding carboxylic acids is 1. The molecule has 0 radical (unpaired) electrons. The van der Waals surface area contributed by atoms with Crippen molar-refractivity contribution in [3.8, 4) is 0 Å². The molecule has 1 aliphatic heterocycles. The molecule has 108 valence electrons. The van der Waals surface area contributed by atoms with Gasteiger partial charge in [0.25, 0.3) is 5.69 Å². The number of hydrogen-bond acceptors (Lipinski definition) is 5. The van der Waals surface area contributed by atoms with E-state index in [0.717, 1.165) is 6.07 Å². The highest BCUT2D eigenvalue weighted by Crippen LogP contribution is 2.30. The predicted octanol–water partition coefficient (Wildman–Crippen LogP) is 0.785. The minimum atomic E-state index is -1.49. The fourth-order valence-electron chi connectivity index (χ4n) is 1.87. The van der Waals surface area contributed by atoms with Gasteiger partial charge in [0.2, 0.25) is 5.91 Å². The second-order valence-electron chi connectivity index (χ2n) is 4.31. The Kier molecular flexibility index (Phi) is 3.91. The van der Waals surface area contributed by atoms with Crippen LogP contribution in [-0.4, -0.2) is 30.1 Å². The van der Waals surface area contributed by atoms with Crippen LogP contribution in [0.15, 0.2) is 12.1 Å². The highest BCUT2D eigenvalue weighted by atomic mass is 19.2. The van der Waals surface area contributed by atoms with Crippen LogP contribution in [0.5, 0.6) is 0 Å². The number of halogens is 2. The summed E-state index contributed by atoms with van der Waals surface area (Å²) in [6.45, 7) is 0.184. The van der Waals surface area contributed by atoms with E-state index in [-0.39, 0.29) is 13.2 Å². The van der Waals surface area contributed by atoms with Crippen molar-refractivity contribution in [1.29, 1.82) is 0 Å². The van der Waals surface area contributed by atoms with Crippen LogP contribution in [0.1, 0.15) is 0 Å². The lowest BCUT2D eigenvalue weighted by molar-refractivity contribution is -0.384. The molecule has 9 heteroatoms. The third kappa shape index (κ3) is 2.58. The minimum Gasteiger partial charge on any atom is -0.379 e. The Morgan fingerprint density at radius 2 is 2.15 bits per heavy atom. The Hall–Kier alpha value is -2.13. The van der Waals surface area contributed by atoms with E-state index in [2.05, 4.69) is 0 Å². The maximum Gasteiger partial charge on any atom is 0.296 e. The summed E-state index contributed by atoms with van der Waals surface area (Å²) < 4.78 is 31.7. The summed E-state index contributed by atoms with van der Waals surface area (Å²) in [4.78, 5) is 21.7. The SMILES string of the molecule is NC1COCC1C(=O)Nc1c([N+](=O)[O-])ccc(F)c1F. The second-order valence-corrected chi connectivity index (χ2v) is 4.31. The standard InChI is InChI=1S/C11H11F2N3O4/c12-6-1-2-8(16(18)19)10(9(6)13)15-11(17)5-3-20-4-7(5)14/h1-2,5,7H,3-4,14H2,(H,15,17). The number of nitro benzene ring substituents is 1. The minimum absolute atomic E-state index is 0.0255. The van der Waals surface area contributed by atoms with Crippen LogP contribution in [0.3, 0.4) is 0 Å². The van der Waals surface area contributed by atoms with Crippen LogP contribution in [0.25, 0.3) is 0 Å². The first-order valence-corrected chi connectivity index (χ1v) is 5.68. The first kappa shape index (κ1) is 14.3. The topological polar surface area (TPSA) is 107 Å². The number of nitrogens with two attached hydrogens (primary N) is 1. The molecule has 1 heterocycles. The average molecular weight is 287 g/mol. The normalized spacial score (nSPS) is 21.8. The summed E-state index contributed by atoms with van der Waals surface area (Å²) in [5, 5.41) is 12.8. The monoisotopic (exact) mass is 287 g/mol. The molecule has 0 aromatic heterocycles. The summed E-state index contributed by atoms with van der Waals surface area (Å²) in [7, 11) is 0. The van der Waals surface area contributed by atoms with E-state index >= 15 is 0 Å². The van der Waals surface area contributed by atoms with E-state index in [0.29, 0.717) is 6.07 Å². The molecule has 0 spiro atoms. The van der Waals surface area contributed by atoms with Gasteiger partial charge in [-0.15, -0.1) is 0 Å². The van der Waals surface area contributed by atoms with Gasteiger partial charge in [-0.25, -0.2) is 8.78 Å². The number of carbonyl (C=O) groups is 1. The van der Waals surface area contributed by atoms with Crippen molar-refractivity contribution in [2.75, 3.05) is 18.5 Å². The van der Waals surface area contributed by atoms with Crippen molar-refractivity contribution in [1.82, 2.24) is 0 Å². The molecule has 1 aliphatic rings. The largest absolute Gasteiger partial charge is 0.379 e. The number of amides is 1. The average Bonchev–Trinajstić information content (AvgIpc) is 2.81. The number of anilines is 1. The number of hydrogen-bond donors (Lipinski definition) is 2. The van der Waals surface area contributed by atoms with Crippen molar-refractivity contribution in [2.45, 2.75) is 6.04 Å². The van der Waals surface area contributed by atoms with Gasteiger partial charge in [0.15, 0.2) is 17.3 Å². The maximum absolute atomic E-state index is 13.6. The highest BCUT2D eigenvalue weighted by Gasteiger charge is 2.33. The molecule has 1 aromatic rings. The van der Waals surface area contributed by atoms with Gasteiger partial charge in [-0.2, -0.15) is 0 Å². The van der Waals surface area contributed by atoms with Gasteiger partial charge < -0.3 is 15.8 Å². The zero-order valence-electron chi connectivity index (χ0n) is 10.1. The van der Waals surface area contributed by atoms with Crippen LogP contribution in [0, 0.1) is 27.7 Å². The molecule has 2 rings (SSSR count). The molecule has 2 atom stereocenters. The summed E-state index contributed by atoms with van der Waals surface area (Å²) in [5.74, 6) is -4.29. The third-order valence-corrected chi connectivity index (χ3v) is 2.98. The predicted molar refractivity (Wildman–Crippen MR) is 63.9 cm³/mol. The summed E-state index contributed by atoms with van der Waals surface area (Å²) in [5.41, 5.74) is 4.07. The zero-order chi connectivity index (χ0) is 14.9. The number of nitrogens with one attached hydrogen (secondary N) is 1. The highest BCUT2D eigenvalue weighted by molar-refractivity contribution is 5.95. The Balaban J connectivity index is 2.30. The van der Waals surface area contributed by atoms with Crippen LogP contribution < -0.4 is 11.1 Å². The lowest BCUT2D eigenvalue weighted by Crippen LogP contribution is -2.37. The number of ether oxygens (including phenoxy) is 1. The van der Waals surface area contributed by atoms with Crippen molar-refractivity contribution in [2.24, 2.45) is 11.7 Å². The molecule has 1 amide bonds. The van der Waals surface area contributed by atoms with E-state index in [1.807, 2.05) is 5.32 Å². The van der Waals surface area contributed by atoms with E-state index < -0.39 is 45.8 Å². The van der Waals surface area contributed by atoms with E-state index in [9.17, 15) is 23.7 Å². The molecule has 7 nitrogen and oxygen atoms in total. The molecule has 1 fully saturated rings. The number of rotatable bonds is 3. The molecule has 1 aromatic carbocycles. The maximum atomic E-state index is 13.6. The molecule has 20 heavy (non-hydrogen) atoms. The Bertz CT molecular complexity index is 567. The summed E-state index contributed by atoms with van der Waals surface area (Å²) in [6.07, 6.45) is 0. The van der Waals surface area contributed by atoms with Gasteiger partial charge in [-0.05, 0) is 6.07 Å². The lowest BCUT2D eigenvalue weighted by Gasteiger charge is -2.14. The molecule has 2 unspecified atom stereocenters. The molecule has 0 bridgehead atoms. The molecule has 1 saturated heterocycles. The molecule has 0 aliphatic carbocycles. The van der Waals surface area contributed by atoms with Crippen LogP contribution in [0.4, 0.5) is 20.2 Å². The Labute approximate surface area is 111 Å². The first-order valence-electron chi connectivity index (χ1n) is 5.68. The third-order valence-electron chi connectivity index (χ3n) is 2.98. The van der Waals surface area contributed by atoms with Gasteiger partial charge in [0.1, 0.15) is 0 Å². The first-order chi connectivity index (χ1) is 9.41. The molecular formula is C11H11F2N3O4. The van der Waals surface area contributed by atoms with Gasteiger partial charge in [-0.1, -0.05) is 0 Å². The van der Waals surface area contributed by atoms with Gasteiger partial charge in [-0.3, -0.25) is 14.9 Å². The Morgan fingerprint density at radius 3 is 2.70 bits per heavy atom. The number of nitrogens with zero attached hydrogens (tertiary/aromatic N) is 1. The Morgan fingerprint density at radius 1 is 1.45 bits per heavy atom. The number of benzene rings is 1. The van der Waals surface area contributed by atoms with Crippen LogP contribution in [0.2, 0.25) is 0 Å². The molecule has 0 saturated carbocycles. The molecule has 3 N–H and O–H groups in total. The van der Waals surface area contributed by atoms with Crippen LogP contribution in [-0.2, 0) is 9.53 Å². The lowest BCUT2D eigenvalue weighted by atomic mass is 10.0. The van der Waals surface area contributed by atoms with Crippen molar-refractivity contribution >= 4 is 17.3 Å². The van der Waals surface area contributed by atoms with Gasteiger partial charge in [0, 0.05) is 12.1 Å². The van der Waals surface area contributed by atoms with Crippen molar-refractivity contribution < 1.29 is 23.2 Å². The smallest absolute Gasteiger partial charge is 0.296 e. The van der Waals surface area contributed by atoms with E-state index in [4.69, 9.17) is 10.5 Å². The van der Waals surface area contributed by atoms with Crippen molar-refractivity contribution in [3.63, 3.8) is 0 Å². The van der Waals surface area contributed by atoms with Crippen molar-refractivity contribution in [3.05, 3.63) is 33.9 Å². The number of nitro groups is 1. The quantitative estimate of drug-likeness (QED) is 0.631. The van der Waals surface area contributed by atoms with Gasteiger partial charge >= 0.3 is 0 Å². The summed E-state index contributed by atoms with van der Waals surface area (Å²) >= 11 is 0. The fraction of sp³-hybridized carbons (Fsp3) is 0.364. The van der Waals surface area contributed by atoms with Crippen LogP contribution >= 0.6 is 0 Å². The molecular weight excluding hydrogens is 276 g/mol. The van der Waals surface area contributed by atoms with E-state index in [1.165, 1.54) is 0 Å². The second kappa shape index (κ2) is 5.47. The van der Waals surface area contributed by atoms with Gasteiger partial charge in [0.05, 0.1) is 24.1 Å². The zero-order valence-corrected chi connectivity index (χ0v) is 10.1. The van der Waals surface area contributed by atoms with E-state index in [1.54, 1.807) is 0 Å². The summed E-state index contributed by atoms with van der Waals surface area (Å²) in [6, 6.07) is 0.804. The fourth-order valence-corrected chi connectivity index (χ4v) is 1.87.